The number of carbonyl (C=O) groups excluding carboxylic acids is 1. The van der Waals surface area contributed by atoms with Crippen LogP contribution in [0, 0.1) is 11.6 Å². The molecule has 2 aromatic heterocycles. The van der Waals surface area contributed by atoms with Crippen LogP contribution in [-0.4, -0.2) is 38.5 Å². The van der Waals surface area contributed by atoms with Crippen LogP contribution in [-0.2, 0) is 0 Å². The van der Waals surface area contributed by atoms with Gasteiger partial charge in [0.25, 0.3) is 11.8 Å². The molecule has 0 aliphatic carbocycles. The van der Waals surface area contributed by atoms with Crippen LogP contribution in [0.3, 0.4) is 0 Å². The van der Waals surface area contributed by atoms with Gasteiger partial charge in [0.1, 0.15) is 17.3 Å². The molecule has 29 heavy (non-hydrogen) atoms. The van der Waals surface area contributed by atoms with E-state index in [2.05, 4.69) is 15.1 Å². The van der Waals surface area contributed by atoms with E-state index in [0.717, 1.165) is 32.0 Å². The van der Waals surface area contributed by atoms with E-state index in [4.69, 9.17) is 16.1 Å². The van der Waals surface area contributed by atoms with Gasteiger partial charge >= 0.3 is 0 Å². The van der Waals surface area contributed by atoms with Gasteiger partial charge in [-0.3, -0.25) is 4.79 Å². The lowest BCUT2D eigenvalue weighted by molar-refractivity contribution is 0.0635. The Hall–Kier alpha value is -2.87. The Morgan fingerprint density at radius 2 is 2.03 bits per heavy atom. The molecule has 0 unspecified atom stereocenters. The minimum absolute atomic E-state index is 0.000475. The highest BCUT2D eigenvalue weighted by Crippen LogP contribution is 2.22. The van der Waals surface area contributed by atoms with Gasteiger partial charge < -0.3 is 9.42 Å². The fourth-order valence-electron chi connectivity index (χ4n) is 2.98. The monoisotopic (exact) mass is 420 g/mol. The summed E-state index contributed by atoms with van der Waals surface area (Å²) in [5.74, 6) is -0.651. The molecule has 1 atom stereocenters. The number of carbonyl (C=O) groups is 1. The lowest BCUT2D eigenvalue weighted by atomic mass is 10.0. The second kappa shape index (κ2) is 9.56. The van der Waals surface area contributed by atoms with Crippen LogP contribution < -0.4 is 0 Å². The van der Waals surface area contributed by atoms with Crippen molar-refractivity contribution in [2.75, 3.05) is 6.54 Å². The van der Waals surface area contributed by atoms with Gasteiger partial charge in [0.15, 0.2) is 6.33 Å². The summed E-state index contributed by atoms with van der Waals surface area (Å²) in [5, 5.41) is 3.40. The van der Waals surface area contributed by atoms with E-state index < -0.39 is 11.6 Å². The third kappa shape index (κ3) is 5.35. The van der Waals surface area contributed by atoms with Crippen LogP contribution in [0.25, 0.3) is 11.6 Å². The van der Waals surface area contributed by atoms with E-state index in [-0.39, 0.29) is 22.9 Å². The predicted octanol–water partition coefficient (Wildman–Crippen LogP) is 4.76. The molecule has 0 N–H and O–H groups in total. The number of hydrogen-bond acceptors (Lipinski definition) is 5. The maximum atomic E-state index is 13.0. The summed E-state index contributed by atoms with van der Waals surface area (Å²) in [6.07, 6.45) is 5.58. The van der Waals surface area contributed by atoms with Gasteiger partial charge in [-0.05, 0) is 56.5 Å². The Morgan fingerprint density at radius 3 is 2.66 bits per heavy atom. The Labute approximate surface area is 171 Å². The van der Waals surface area contributed by atoms with E-state index >= 15 is 0 Å². The maximum absolute atomic E-state index is 13.0. The summed E-state index contributed by atoms with van der Waals surface area (Å²) < 4.78 is 30.1. The van der Waals surface area contributed by atoms with Crippen LogP contribution in [0.2, 0.25) is 5.02 Å². The van der Waals surface area contributed by atoms with Crippen LogP contribution in [0.5, 0.6) is 0 Å². The van der Waals surface area contributed by atoms with Crippen molar-refractivity contribution in [1.82, 2.24) is 20.0 Å². The molecule has 0 spiro atoms. The van der Waals surface area contributed by atoms with E-state index in [1.165, 1.54) is 36.7 Å². The molecule has 0 bridgehead atoms. The quantitative estimate of drug-likeness (QED) is 0.597. The van der Waals surface area contributed by atoms with Gasteiger partial charge in [0.05, 0.1) is 11.2 Å². The Balaban J connectivity index is 0.000000176. The predicted molar refractivity (Wildman–Crippen MR) is 103 cm³/mol. The second-order valence-electron chi connectivity index (χ2n) is 6.58. The third-order valence-corrected chi connectivity index (χ3v) is 4.83. The number of nitrogens with zero attached hydrogens (tertiary/aromatic N) is 4. The first-order valence-electron chi connectivity index (χ1n) is 9.10. The second-order valence-corrected chi connectivity index (χ2v) is 6.99. The van der Waals surface area contributed by atoms with E-state index in [1.54, 1.807) is 0 Å². The Morgan fingerprint density at radius 1 is 1.21 bits per heavy atom. The van der Waals surface area contributed by atoms with E-state index in [1.807, 2.05) is 11.8 Å². The molecule has 1 fully saturated rings. The van der Waals surface area contributed by atoms with Gasteiger partial charge in [-0.25, -0.2) is 13.8 Å². The number of likely N-dealkylation sites (tertiary alicyclic amines) is 1. The van der Waals surface area contributed by atoms with Gasteiger partial charge in [-0.2, -0.15) is 4.98 Å². The topological polar surface area (TPSA) is 72.1 Å². The summed E-state index contributed by atoms with van der Waals surface area (Å²) in [4.78, 5) is 21.6. The largest absolute Gasteiger partial charge is 0.336 e. The number of halogens is 3. The first-order valence-corrected chi connectivity index (χ1v) is 9.48. The zero-order valence-electron chi connectivity index (χ0n) is 15.7. The standard InChI is InChI=1S/C13H15ClFNO.C7H4FN3O/c1-9-4-2-3-7-16(9)13(17)10-5-6-12(15)11(14)8-10;8-5-1-2-6(9-3-5)7-10-4-11-12-7/h5-6,8-9H,2-4,7H2,1H3;1-4H/t9-;/m1./s1. The van der Waals surface area contributed by atoms with Crippen molar-refractivity contribution < 1.29 is 18.1 Å². The van der Waals surface area contributed by atoms with Crippen molar-refractivity contribution in [1.29, 1.82) is 0 Å². The maximum Gasteiger partial charge on any atom is 0.276 e. The zero-order chi connectivity index (χ0) is 20.8. The molecule has 6 nitrogen and oxygen atoms in total. The lowest BCUT2D eigenvalue weighted by Crippen LogP contribution is -2.42. The first kappa shape index (κ1) is 20.9. The minimum atomic E-state index is -0.491. The summed E-state index contributed by atoms with van der Waals surface area (Å²) in [6, 6.07) is 7.14. The molecule has 1 amide bonds. The van der Waals surface area contributed by atoms with E-state index in [9.17, 15) is 13.6 Å². The third-order valence-electron chi connectivity index (χ3n) is 4.54. The van der Waals surface area contributed by atoms with Crippen molar-refractivity contribution in [2.24, 2.45) is 0 Å². The van der Waals surface area contributed by atoms with Crippen LogP contribution >= 0.6 is 11.6 Å². The Bertz CT molecular complexity index is 952. The van der Waals surface area contributed by atoms with Gasteiger partial charge in [0, 0.05) is 18.2 Å². The molecule has 1 saturated heterocycles. The lowest BCUT2D eigenvalue weighted by Gasteiger charge is -2.33. The summed E-state index contributed by atoms with van der Waals surface area (Å²) >= 11 is 5.69. The number of amides is 1. The van der Waals surface area contributed by atoms with Gasteiger partial charge in [-0.1, -0.05) is 16.8 Å². The molecule has 9 heteroatoms. The van der Waals surface area contributed by atoms with Crippen molar-refractivity contribution in [3.05, 3.63) is 65.1 Å². The average molecular weight is 421 g/mol. The van der Waals surface area contributed by atoms with Crippen LogP contribution in [0.15, 0.2) is 47.4 Å². The highest BCUT2D eigenvalue weighted by molar-refractivity contribution is 6.31. The number of rotatable bonds is 2. The van der Waals surface area contributed by atoms with E-state index in [0.29, 0.717) is 11.3 Å². The highest BCUT2D eigenvalue weighted by Gasteiger charge is 2.24. The normalized spacial score (nSPS) is 16.1. The smallest absolute Gasteiger partial charge is 0.276 e. The molecule has 1 aliphatic heterocycles. The van der Waals surface area contributed by atoms with Crippen LogP contribution in [0.1, 0.15) is 36.5 Å². The fourth-order valence-corrected chi connectivity index (χ4v) is 3.16. The molecule has 152 valence electrons. The van der Waals surface area contributed by atoms with Gasteiger partial charge in [0.2, 0.25) is 0 Å². The molecule has 3 aromatic rings. The molecule has 0 radical (unpaired) electrons. The number of pyridine rings is 1. The summed E-state index contributed by atoms with van der Waals surface area (Å²) in [6.45, 7) is 2.82. The molecule has 1 aliphatic rings. The number of piperidine rings is 1. The summed E-state index contributed by atoms with van der Waals surface area (Å²) in [7, 11) is 0. The number of hydrogen-bond donors (Lipinski definition) is 0. The van der Waals surface area contributed by atoms with Gasteiger partial charge in [-0.15, -0.1) is 0 Å². The molecule has 1 aromatic carbocycles. The molecule has 4 rings (SSSR count). The first-order chi connectivity index (χ1) is 14.0. The average Bonchev–Trinajstić information content (AvgIpc) is 3.26. The zero-order valence-corrected chi connectivity index (χ0v) is 16.4. The SMILES string of the molecule is C[C@@H]1CCCCN1C(=O)c1ccc(F)c(Cl)c1.Fc1ccc(-c2ncno2)nc1. The Kier molecular flexibility index (Phi) is 6.87. The molecular weight excluding hydrogens is 402 g/mol. The van der Waals surface area contributed by atoms with Crippen LogP contribution in [0.4, 0.5) is 8.78 Å². The number of benzene rings is 1. The number of aromatic nitrogens is 3. The van der Waals surface area contributed by atoms with Crippen molar-refractivity contribution in [2.45, 2.75) is 32.2 Å². The molecular formula is C20H19ClF2N4O2. The van der Waals surface area contributed by atoms with Crippen molar-refractivity contribution >= 4 is 17.5 Å². The highest BCUT2D eigenvalue weighted by atomic mass is 35.5. The minimum Gasteiger partial charge on any atom is -0.336 e. The van der Waals surface area contributed by atoms with Crippen molar-refractivity contribution in [3.8, 4) is 11.6 Å². The molecule has 0 saturated carbocycles. The van der Waals surface area contributed by atoms with Crippen molar-refractivity contribution in [3.63, 3.8) is 0 Å². The molecule has 3 heterocycles. The fraction of sp³-hybridized carbons (Fsp3) is 0.300. The summed E-state index contributed by atoms with van der Waals surface area (Å²) in [5.41, 5.74) is 0.930.